The number of rotatable bonds is 4. The Morgan fingerprint density at radius 2 is 1.71 bits per heavy atom. The quantitative estimate of drug-likeness (QED) is 0.574. The highest BCUT2D eigenvalue weighted by Crippen LogP contribution is 2.38. The average molecular weight is 483 g/mol. The molecule has 0 aliphatic carbocycles. The highest BCUT2D eigenvalue weighted by atomic mass is 19.1. The van der Waals surface area contributed by atoms with Crippen LogP contribution in [0.3, 0.4) is 0 Å². The van der Waals surface area contributed by atoms with Gasteiger partial charge in [-0.2, -0.15) is 0 Å². The average Bonchev–Trinajstić information content (AvgIpc) is 2.99. The SMILES string of the molecule is CC(C)(C)OC(=O)N1CCc2c(F)c(B3OC(C)(C)C(C)(C)O3)cc(OCc3ccccc3)c2C1. The smallest absolute Gasteiger partial charge is 0.489 e. The maximum Gasteiger partial charge on any atom is 0.498 e. The fourth-order valence-corrected chi connectivity index (χ4v) is 4.19. The van der Waals surface area contributed by atoms with Gasteiger partial charge in [-0.15, -0.1) is 0 Å². The summed E-state index contributed by atoms with van der Waals surface area (Å²) < 4.78 is 40.0. The highest BCUT2D eigenvalue weighted by molar-refractivity contribution is 6.62. The molecule has 188 valence electrons. The van der Waals surface area contributed by atoms with Crippen LogP contribution in [0.1, 0.15) is 65.2 Å². The Morgan fingerprint density at radius 3 is 2.31 bits per heavy atom. The fraction of sp³-hybridized carbons (Fsp3) is 0.519. The zero-order valence-corrected chi connectivity index (χ0v) is 21.7. The molecule has 0 radical (unpaired) electrons. The predicted octanol–water partition coefficient (Wildman–Crippen LogP) is 5.00. The van der Waals surface area contributed by atoms with Crippen LogP contribution in [0, 0.1) is 5.82 Å². The van der Waals surface area contributed by atoms with Gasteiger partial charge in [-0.25, -0.2) is 9.18 Å². The third kappa shape index (κ3) is 5.33. The van der Waals surface area contributed by atoms with E-state index < -0.39 is 30.0 Å². The third-order valence-electron chi connectivity index (χ3n) is 6.84. The molecule has 6 nitrogen and oxygen atoms in total. The number of fused-ring (bicyclic) bond motifs is 1. The van der Waals surface area contributed by atoms with E-state index in [1.807, 2.05) is 78.8 Å². The number of halogens is 1. The lowest BCUT2D eigenvalue weighted by molar-refractivity contribution is 0.00578. The van der Waals surface area contributed by atoms with Crippen molar-refractivity contribution in [2.45, 2.75) is 84.8 Å². The number of amides is 1. The predicted molar refractivity (Wildman–Crippen MR) is 133 cm³/mol. The van der Waals surface area contributed by atoms with E-state index >= 15 is 4.39 Å². The summed E-state index contributed by atoms with van der Waals surface area (Å²) in [4.78, 5) is 14.3. The van der Waals surface area contributed by atoms with Gasteiger partial charge in [0.1, 0.15) is 23.8 Å². The Labute approximate surface area is 207 Å². The molecule has 0 aromatic heterocycles. The molecule has 2 aliphatic rings. The Hall–Kier alpha value is -2.58. The molecule has 1 amide bonds. The summed E-state index contributed by atoms with van der Waals surface area (Å²) >= 11 is 0. The molecule has 2 aromatic rings. The van der Waals surface area contributed by atoms with Crippen LogP contribution in [-0.2, 0) is 33.6 Å². The lowest BCUT2D eigenvalue weighted by atomic mass is 9.76. The minimum Gasteiger partial charge on any atom is -0.489 e. The topological polar surface area (TPSA) is 57.2 Å². The highest BCUT2D eigenvalue weighted by Gasteiger charge is 2.53. The van der Waals surface area contributed by atoms with E-state index in [0.717, 1.165) is 5.56 Å². The van der Waals surface area contributed by atoms with Crippen LogP contribution in [0.15, 0.2) is 36.4 Å². The van der Waals surface area contributed by atoms with E-state index in [9.17, 15) is 4.79 Å². The largest absolute Gasteiger partial charge is 0.498 e. The summed E-state index contributed by atoms with van der Waals surface area (Å²) in [5.74, 6) is 0.151. The molecule has 2 heterocycles. The van der Waals surface area contributed by atoms with Gasteiger partial charge in [0.25, 0.3) is 0 Å². The summed E-state index contributed by atoms with van der Waals surface area (Å²) in [7, 11) is -0.853. The number of carbonyl (C=O) groups is 1. The van der Waals surface area contributed by atoms with Gasteiger partial charge in [0.2, 0.25) is 0 Å². The fourth-order valence-electron chi connectivity index (χ4n) is 4.19. The molecule has 2 aromatic carbocycles. The lowest BCUT2D eigenvalue weighted by Gasteiger charge is -2.32. The van der Waals surface area contributed by atoms with E-state index in [1.54, 1.807) is 11.0 Å². The number of hydrogen-bond acceptors (Lipinski definition) is 5. The lowest BCUT2D eigenvalue weighted by Crippen LogP contribution is -2.42. The molecule has 0 atom stereocenters. The number of hydrogen-bond donors (Lipinski definition) is 0. The Bertz CT molecular complexity index is 1080. The van der Waals surface area contributed by atoms with Gasteiger partial charge < -0.3 is 23.7 Å². The first-order valence-corrected chi connectivity index (χ1v) is 12.1. The van der Waals surface area contributed by atoms with Gasteiger partial charge in [-0.05, 0) is 72.1 Å². The number of nitrogens with zero attached hydrogens (tertiary/aromatic N) is 1. The van der Waals surface area contributed by atoms with Crippen LogP contribution in [0.25, 0.3) is 0 Å². The molecule has 1 saturated heterocycles. The summed E-state index contributed by atoms with van der Waals surface area (Å²) in [5.41, 5.74) is 0.669. The minimum absolute atomic E-state index is 0.203. The van der Waals surface area contributed by atoms with Crippen molar-refractivity contribution in [2.24, 2.45) is 0 Å². The van der Waals surface area contributed by atoms with Gasteiger partial charge in [0.05, 0.1) is 17.7 Å². The van der Waals surface area contributed by atoms with Crippen LogP contribution in [0.4, 0.5) is 9.18 Å². The molecular formula is C27H35BFNO5. The van der Waals surface area contributed by atoms with Crippen molar-refractivity contribution in [3.8, 4) is 5.75 Å². The van der Waals surface area contributed by atoms with Crippen molar-refractivity contribution in [2.75, 3.05) is 6.54 Å². The van der Waals surface area contributed by atoms with Crippen molar-refractivity contribution in [1.29, 1.82) is 0 Å². The van der Waals surface area contributed by atoms with E-state index in [4.69, 9.17) is 18.8 Å². The van der Waals surface area contributed by atoms with Crippen LogP contribution >= 0.6 is 0 Å². The van der Waals surface area contributed by atoms with Gasteiger partial charge in [0.15, 0.2) is 0 Å². The van der Waals surface area contributed by atoms with Gasteiger partial charge in [-0.1, -0.05) is 30.3 Å². The third-order valence-corrected chi connectivity index (χ3v) is 6.84. The number of carbonyl (C=O) groups excluding carboxylic acids is 1. The summed E-state index contributed by atoms with van der Waals surface area (Å²) in [6.07, 6.45) is -0.0808. The second-order valence-corrected chi connectivity index (χ2v) is 11.2. The first-order chi connectivity index (χ1) is 16.3. The standard InChI is InChI=1S/C27H35BFNO5/c1-25(2,3)33-24(31)30-14-13-19-20(16-30)22(32-17-18-11-9-8-10-12-18)15-21(23(19)29)28-34-26(4,5)27(6,7)35-28/h8-12,15H,13-14,16-17H2,1-7H3. The van der Waals surface area contributed by atoms with Gasteiger partial charge in [0, 0.05) is 17.6 Å². The van der Waals surface area contributed by atoms with Crippen LogP contribution in [0.5, 0.6) is 5.75 Å². The van der Waals surface area contributed by atoms with Crippen LogP contribution in [0.2, 0.25) is 0 Å². The van der Waals surface area contributed by atoms with Crippen LogP contribution in [-0.4, -0.2) is 41.5 Å². The molecule has 0 saturated carbocycles. The summed E-state index contributed by atoms with van der Waals surface area (Å²) in [6, 6.07) is 11.4. The maximum absolute atomic E-state index is 15.9. The Morgan fingerprint density at radius 1 is 1.09 bits per heavy atom. The van der Waals surface area contributed by atoms with Crippen molar-refractivity contribution >= 4 is 18.7 Å². The molecule has 0 spiro atoms. The summed E-state index contributed by atoms with van der Waals surface area (Å²) in [5, 5.41) is 0. The van der Waals surface area contributed by atoms with Crippen molar-refractivity contribution in [3.05, 3.63) is 58.9 Å². The second-order valence-electron chi connectivity index (χ2n) is 11.2. The molecule has 0 bridgehead atoms. The monoisotopic (exact) mass is 483 g/mol. The molecule has 4 rings (SSSR count). The number of benzene rings is 2. The van der Waals surface area contributed by atoms with E-state index in [1.165, 1.54) is 0 Å². The Kier molecular flexibility index (Phi) is 6.66. The molecule has 0 N–H and O–H groups in total. The zero-order valence-electron chi connectivity index (χ0n) is 21.7. The minimum atomic E-state index is -0.853. The van der Waals surface area contributed by atoms with Crippen molar-refractivity contribution in [1.82, 2.24) is 4.90 Å². The normalized spacial score (nSPS) is 18.9. The molecule has 1 fully saturated rings. The second kappa shape index (κ2) is 9.14. The molecule has 0 unspecified atom stereocenters. The molecule has 2 aliphatic heterocycles. The van der Waals surface area contributed by atoms with Crippen LogP contribution < -0.4 is 10.2 Å². The first kappa shape index (κ1) is 25.5. The molecular weight excluding hydrogens is 448 g/mol. The summed E-state index contributed by atoms with van der Waals surface area (Å²) in [6.45, 7) is 14.1. The zero-order chi connectivity index (χ0) is 25.6. The van der Waals surface area contributed by atoms with Gasteiger partial charge in [-0.3, -0.25) is 0 Å². The number of ether oxygens (including phenoxy) is 2. The van der Waals surface area contributed by atoms with E-state index in [0.29, 0.717) is 41.9 Å². The Balaban J connectivity index is 1.69. The molecule has 8 heteroatoms. The van der Waals surface area contributed by atoms with Crippen molar-refractivity contribution < 1.29 is 28.0 Å². The molecule has 35 heavy (non-hydrogen) atoms. The first-order valence-electron chi connectivity index (χ1n) is 12.1. The van der Waals surface area contributed by atoms with Crippen molar-refractivity contribution in [3.63, 3.8) is 0 Å². The maximum atomic E-state index is 15.9. The van der Waals surface area contributed by atoms with Gasteiger partial charge >= 0.3 is 13.2 Å². The van der Waals surface area contributed by atoms with E-state index in [2.05, 4.69) is 0 Å². The van der Waals surface area contributed by atoms with E-state index in [-0.39, 0.29) is 12.4 Å².